The summed E-state index contributed by atoms with van der Waals surface area (Å²) in [6.45, 7) is 6.46. The summed E-state index contributed by atoms with van der Waals surface area (Å²) >= 11 is 0. The van der Waals surface area contributed by atoms with Crippen LogP contribution in [0.5, 0.6) is 0 Å². The van der Waals surface area contributed by atoms with Crippen LogP contribution < -0.4 is 0 Å². The maximum atomic E-state index is 8.72. The van der Waals surface area contributed by atoms with Crippen LogP contribution in [0, 0.1) is 0 Å². The van der Waals surface area contributed by atoms with Crippen molar-refractivity contribution in [2.75, 3.05) is 19.8 Å². The van der Waals surface area contributed by atoms with E-state index in [0.29, 0.717) is 0 Å². The fourth-order valence-electron chi connectivity index (χ4n) is 3.82. The van der Waals surface area contributed by atoms with Gasteiger partial charge in [0.1, 0.15) is 0 Å². The van der Waals surface area contributed by atoms with Crippen molar-refractivity contribution in [2.24, 2.45) is 0 Å². The van der Waals surface area contributed by atoms with Crippen molar-refractivity contribution in [3.05, 3.63) is 12.2 Å². The van der Waals surface area contributed by atoms with E-state index < -0.39 is 0 Å². The maximum absolute atomic E-state index is 8.72. The number of hydrogen-bond acceptors (Lipinski definition) is 3. The molecule has 186 valence electrons. The third-order valence-corrected chi connectivity index (χ3v) is 5.88. The standard InChI is InChI=1S/C28H56O3/c1-3-5-22-26-30-28(31-27-23-6-4-2)24-20-18-16-14-12-10-8-7-9-11-13-15-17-19-21-25-29/h17,19,28-29H,3-16,18,20-27H2,1-2H3/b19-17-. The van der Waals surface area contributed by atoms with Crippen molar-refractivity contribution in [3.8, 4) is 0 Å². The molecule has 1 N–H and O–H groups in total. The lowest BCUT2D eigenvalue weighted by molar-refractivity contribution is -0.148. The molecular formula is C28H56O3. The number of allylic oxidation sites excluding steroid dienone is 1. The Hall–Kier alpha value is -0.380. The first-order chi connectivity index (χ1) is 15.3. The van der Waals surface area contributed by atoms with Crippen molar-refractivity contribution >= 4 is 0 Å². The molecule has 0 aromatic heterocycles. The van der Waals surface area contributed by atoms with Gasteiger partial charge in [0, 0.05) is 19.8 Å². The van der Waals surface area contributed by atoms with Crippen molar-refractivity contribution < 1.29 is 14.6 Å². The molecule has 0 saturated carbocycles. The monoisotopic (exact) mass is 440 g/mol. The van der Waals surface area contributed by atoms with E-state index in [4.69, 9.17) is 14.6 Å². The highest BCUT2D eigenvalue weighted by atomic mass is 16.7. The van der Waals surface area contributed by atoms with Crippen molar-refractivity contribution in [1.82, 2.24) is 0 Å². The molecule has 3 heteroatoms. The van der Waals surface area contributed by atoms with Crippen LogP contribution in [0.2, 0.25) is 0 Å². The van der Waals surface area contributed by atoms with Gasteiger partial charge in [-0.05, 0) is 44.9 Å². The van der Waals surface area contributed by atoms with Crippen LogP contribution in [0.4, 0.5) is 0 Å². The number of hydrogen-bond donors (Lipinski definition) is 1. The average molecular weight is 441 g/mol. The molecule has 0 aliphatic carbocycles. The molecule has 0 spiro atoms. The van der Waals surface area contributed by atoms with Gasteiger partial charge in [-0.1, -0.05) is 109 Å². The van der Waals surface area contributed by atoms with E-state index in [2.05, 4.69) is 26.0 Å². The van der Waals surface area contributed by atoms with Gasteiger partial charge in [-0.25, -0.2) is 0 Å². The minimum atomic E-state index is 0.0267. The van der Waals surface area contributed by atoms with Crippen LogP contribution >= 0.6 is 0 Å². The van der Waals surface area contributed by atoms with Gasteiger partial charge in [-0.2, -0.15) is 0 Å². The summed E-state index contributed by atoms with van der Waals surface area (Å²) < 4.78 is 12.0. The van der Waals surface area contributed by atoms with Gasteiger partial charge < -0.3 is 14.6 Å². The highest BCUT2D eigenvalue weighted by Crippen LogP contribution is 2.15. The third-order valence-electron chi connectivity index (χ3n) is 5.88. The molecular weight excluding hydrogens is 384 g/mol. The minimum Gasteiger partial charge on any atom is -0.396 e. The first kappa shape index (κ1) is 30.6. The Kier molecular flexibility index (Phi) is 27.3. The smallest absolute Gasteiger partial charge is 0.157 e. The first-order valence-corrected chi connectivity index (χ1v) is 13.8. The largest absolute Gasteiger partial charge is 0.396 e. The molecule has 0 aliphatic heterocycles. The van der Waals surface area contributed by atoms with Gasteiger partial charge in [0.25, 0.3) is 0 Å². The number of unbranched alkanes of at least 4 members (excludes halogenated alkanes) is 15. The van der Waals surface area contributed by atoms with E-state index in [1.165, 1.54) is 103 Å². The van der Waals surface area contributed by atoms with Gasteiger partial charge in [0.05, 0.1) is 0 Å². The zero-order valence-corrected chi connectivity index (χ0v) is 21.3. The third kappa shape index (κ3) is 25.8. The Balaban J connectivity index is 3.49. The SMILES string of the molecule is CCCCCOC(CCCCCCCCCCCCC/C=C\CCO)OCCCCC. The van der Waals surface area contributed by atoms with Crippen LogP contribution in [0.15, 0.2) is 12.2 Å². The summed E-state index contributed by atoms with van der Waals surface area (Å²) in [5.41, 5.74) is 0. The molecule has 0 aliphatic rings. The van der Waals surface area contributed by atoms with Crippen molar-refractivity contribution in [3.63, 3.8) is 0 Å². The molecule has 0 rings (SSSR count). The van der Waals surface area contributed by atoms with Crippen molar-refractivity contribution in [1.29, 1.82) is 0 Å². The van der Waals surface area contributed by atoms with E-state index in [1.54, 1.807) is 0 Å². The van der Waals surface area contributed by atoms with Gasteiger partial charge in [0.15, 0.2) is 6.29 Å². The molecule has 0 amide bonds. The second kappa shape index (κ2) is 27.7. The molecule has 0 bridgehead atoms. The Morgan fingerprint density at radius 2 is 1.00 bits per heavy atom. The number of aliphatic hydroxyl groups is 1. The van der Waals surface area contributed by atoms with E-state index in [-0.39, 0.29) is 12.9 Å². The predicted octanol–water partition coefficient (Wildman–Crippen LogP) is 8.74. The normalized spacial score (nSPS) is 11.9. The lowest BCUT2D eigenvalue weighted by Gasteiger charge is -2.18. The first-order valence-electron chi connectivity index (χ1n) is 13.8. The number of aliphatic hydroxyl groups excluding tert-OH is 1. The highest BCUT2D eigenvalue weighted by Gasteiger charge is 2.09. The Morgan fingerprint density at radius 1 is 0.548 bits per heavy atom. The quantitative estimate of drug-likeness (QED) is 0.0830. The fourth-order valence-corrected chi connectivity index (χ4v) is 3.82. The maximum Gasteiger partial charge on any atom is 0.157 e. The molecule has 0 aromatic carbocycles. The summed E-state index contributed by atoms with van der Waals surface area (Å²) in [5, 5.41) is 8.72. The predicted molar refractivity (Wildman–Crippen MR) is 136 cm³/mol. The van der Waals surface area contributed by atoms with E-state index >= 15 is 0 Å². The summed E-state index contributed by atoms with van der Waals surface area (Å²) in [7, 11) is 0. The van der Waals surface area contributed by atoms with Crippen molar-refractivity contribution in [2.45, 2.75) is 149 Å². The zero-order valence-electron chi connectivity index (χ0n) is 21.3. The fraction of sp³-hybridized carbons (Fsp3) is 0.929. The van der Waals surface area contributed by atoms with Crippen LogP contribution in [0.1, 0.15) is 142 Å². The molecule has 0 atom stereocenters. The Morgan fingerprint density at radius 3 is 1.48 bits per heavy atom. The second-order valence-corrected chi connectivity index (χ2v) is 9.04. The topological polar surface area (TPSA) is 38.7 Å². The van der Waals surface area contributed by atoms with Crippen LogP contribution in [-0.2, 0) is 9.47 Å². The minimum absolute atomic E-state index is 0.0267. The average Bonchev–Trinajstić information content (AvgIpc) is 2.78. The lowest BCUT2D eigenvalue weighted by atomic mass is 10.0. The molecule has 3 nitrogen and oxygen atoms in total. The summed E-state index contributed by atoms with van der Waals surface area (Å²) in [6.07, 6.45) is 29.6. The molecule has 0 unspecified atom stereocenters. The van der Waals surface area contributed by atoms with Gasteiger partial charge >= 0.3 is 0 Å². The number of ether oxygens (including phenoxy) is 2. The zero-order chi connectivity index (χ0) is 22.7. The Labute approximate surface area is 195 Å². The van der Waals surface area contributed by atoms with Gasteiger partial charge in [0.2, 0.25) is 0 Å². The van der Waals surface area contributed by atoms with Gasteiger partial charge in [-0.3, -0.25) is 0 Å². The molecule has 31 heavy (non-hydrogen) atoms. The lowest BCUT2D eigenvalue weighted by Crippen LogP contribution is -2.19. The summed E-state index contributed by atoms with van der Waals surface area (Å²) in [4.78, 5) is 0. The second-order valence-electron chi connectivity index (χ2n) is 9.04. The Bertz CT molecular complexity index is 331. The van der Waals surface area contributed by atoms with E-state index in [1.807, 2.05) is 0 Å². The van der Waals surface area contributed by atoms with Crippen LogP contribution in [0.3, 0.4) is 0 Å². The molecule has 0 radical (unpaired) electrons. The summed E-state index contributed by atoms with van der Waals surface area (Å²) in [5.74, 6) is 0. The summed E-state index contributed by atoms with van der Waals surface area (Å²) in [6, 6.07) is 0. The van der Waals surface area contributed by atoms with E-state index in [0.717, 1.165) is 38.9 Å². The molecule has 0 fully saturated rings. The van der Waals surface area contributed by atoms with Crippen LogP contribution in [0.25, 0.3) is 0 Å². The molecule has 0 aromatic rings. The number of rotatable bonds is 26. The molecule has 0 heterocycles. The van der Waals surface area contributed by atoms with Crippen LogP contribution in [-0.4, -0.2) is 31.2 Å². The highest BCUT2D eigenvalue weighted by molar-refractivity contribution is 4.80. The molecule has 0 saturated heterocycles. The van der Waals surface area contributed by atoms with Gasteiger partial charge in [-0.15, -0.1) is 0 Å². The van der Waals surface area contributed by atoms with E-state index in [9.17, 15) is 0 Å².